The van der Waals surface area contributed by atoms with Crippen molar-refractivity contribution in [3.8, 4) is 0 Å². The molecule has 0 radical (unpaired) electrons. The van der Waals surface area contributed by atoms with Crippen LogP contribution >= 0.6 is 0 Å². The van der Waals surface area contributed by atoms with Crippen LogP contribution in [-0.4, -0.2) is 59.1 Å². The Morgan fingerprint density at radius 1 is 0.606 bits per heavy atom. The average Bonchev–Trinajstić information content (AvgIpc) is 2.87. The number of aliphatic hydroxyl groups is 3. The molecular weight excluding hydrogens is 420 g/mol. The molecular formula is C27H48O6. The largest absolute Gasteiger partial charge is 0.393 e. The number of hydrogen-bond donors (Lipinski definition) is 3. The third kappa shape index (κ3) is 6.71. The van der Waals surface area contributed by atoms with Gasteiger partial charge in [-0.1, -0.05) is 32.1 Å². The van der Waals surface area contributed by atoms with Crippen LogP contribution in [0.5, 0.6) is 0 Å². The predicted molar refractivity (Wildman–Crippen MR) is 126 cm³/mol. The quantitative estimate of drug-likeness (QED) is 0.358. The predicted octanol–water partition coefficient (Wildman–Crippen LogP) is 4.53. The molecule has 33 heavy (non-hydrogen) atoms. The van der Waals surface area contributed by atoms with Gasteiger partial charge in [0.25, 0.3) is 0 Å². The van der Waals surface area contributed by atoms with Gasteiger partial charge in [-0.2, -0.15) is 0 Å². The van der Waals surface area contributed by atoms with E-state index in [0.29, 0.717) is 24.4 Å². The molecule has 4 aliphatic rings. The molecule has 7 unspecified atom stereocenters. The molecule has 4 rings (SSSR count). The molecule has 192 valence electrons. The summed E-state index contributed by atoms with van der Waals surface area (Å²) in [6.45, 7) is 0. The molecule has 4 fully saturated rings. The molecule has 0 aromatic rings. The van der Waals surface area contributed by atoms with E-state index in [1.165, 1.54) is 19.3 Å². The molecule has 0 aromatic heterocycles. The lowest BCUT2D eigenvalue weighted by Gasteiger charge is -2.41. The van der Waals surface area contributed by atoms with Crippen LogP contribution in [0.2, 0.25) is 0 Å². The highest BCUT2D eigenvalue weighted by atomic mass is 17.2. The van der Waals surface area contributed by atoms with Crippen molar-refractivity contribution in [1.29, 1.82) is 0 Å². The summed E-state index contributed by atoms with van der Waals surface area (Å²) in [7, 11) is 1.78. The summed E-state index contributed by atoms with van der Waals surface area (Å²) in [6, 6.07) is 0. The van der Waals surface area contributed by atoms with Gasteiger partial charge in [0.05, 0.1) is 36.6 Å². The van der Waals surface area contributed by atoms with Gasteiger partial charge in [0.2, 0.25) is 0 Å². The zero-order valence-electron chi connectivity index (χ0n) is 20.7. The number of aliphatic hydroxyl groups excluding tert-OH is 3. The second-order valence-corrected chi connectivity index (χ2v) is 11.5. The molecule has 0 saturated heterocycles. The molecule has 6 nitrogen and oxygen atoms in total. The zero-order valence-corrected chi connectivity index (χ0v) is 20.7. The van der Waals surface area contributed by atoms with Crippen molar-refractivity contribution in [2.24, 2.45) is 23.7 Å². The van der Waals surface area contributed by atoms with Gasteiger partial charge in [0, 0.05) is 25.4 Å². The minimum atomic E-state index is -0.534. The normalized spacial score (nSPS) is 40.9. The Hall–Kier alpha value is -0.240. The summed E-state index contributed by atoms with van der Waals surface area (Å²) in [5.41, 5.74) is 0. The van der Waals surface area contributed by atoms with Gasteiger partial charge in [-0.3, -0.25) is 0 Å². The first kappa shape index (κ1) is 25.8. The van der Waals surface area contributed by atoms with E-state index >= 15 is 0 Å². The summed E-state index contributed by atoms with van der Waals surface area (Å²) >= 11 is 0. The van der Waals surface area contributed by atoms with Crippen molar-refractivity contribution in [2.45, 2.75) is 139 Å². The monoisotopic (exact) mass is 468 g/mol. The van der Waals surface area contributed by atoms with Crippen LogP contribution in [0.25, 0.3) is 0 Å². The minimum absolute atomic E-state index is 0.0422. The van der Waals surface area contributed by atoms with Gasteiger partial charge in [-0.25, -0.2) is 9.78 Å². The van der Waals surface area contributed by atoms with Crippen LogP contribution in [0.3, 0.4) is 0 Å². The maximum absolute atomic E-state index is 11.2. The molecule has 0 bridgehead atoms. The Labute approximate surface area is 200 Å². The van der Waals surface area contributed by atoms with E-state index in [2.05, 4.69) is 0 Å². The standard InChI is InChI=1S/C27H48O6/c1-31-20-13-11-19(12-14-20)27(30)23-9-5-6-10-25(23)33-32-21-15-16-22(24(28)17-21)26(29)18-7-3-2-4-8-18/h18-30H,2-17H2,1H3. The second-order valence-electron chi connectivity index (χ2n) is 11.5. The van der Waals surface area contributed by atoms with Crippen LogP contribution < -0.4 is 0 Å². The first-order valence-corrected chi connectivity index (χ1v) is 14.0. The molecule has 3 N–H and O–H groups in total. The van der Waals surface area contributed by atoms with Gasteiger partial charge in [0.15, 0.2) is 0 Å². The van der Waals surface area contributed by atoms with E-state index in [-0.39, 0.29) is 30.1 Å². The van der Waals surface area contributed by atoms with Crippen molar-refractivity contribution in [1.82, 2.24) is 0 Å². The maximum atomic E-state index is 11.2. The average molecular weight is 469 g/mol. The molecule has 4 saturated carbocycles. The smallest absolute Gasteiger partial charge is 0.0982 e. The van der Waals surface area contributed by atoms with E-state index in [4.69, 9.17) is 14.5 Å². The highest BCUT2D eigenvalue weighted by molar-refractivity contribution is 4.89. The van der Waals surface area contributed by atoms with Crippen molar-refractivity contribution in [2.75, 3.05) is 7.11 Å². The lowest BCUT2D eigenvalue weighted by atomic mass is 9.73. The van der Waals surface area contributed by atoms with Crippen molar-refractivity contribution in [3.05, 3.63) is 0 Å². The summed E-state index contributed by atoms with van der Waals surface area (Å²) in [4.78, 5) is 11.9. The Morgan fingerprint density at radius 2 is 1.21 bits per heavy atom. The molecule has 0 spiro atoms. The Bertz CT molecular complexity index is 559. The van der Waals surface area contributed by atoms with Crippen LogP contribution in [0.15, 0.2) is 0 Å². The molecule has 4 aliphatic carbocycles. The first-order valence-electron chi connectivity index (χ1n) is 14.0. The molecule has 0 aliphatic heterocycles. The fourth-order valence-corrected chi connectivity index (χ4v) is 7.24. The number of methoxy groups -OCH3 is 1. The third-order valence-electron chi connectivity index (χ3n) is 9.43. The van der Waals surface area contributed by atoms with E-state index < -0.39 is 12.2 Å². The Morgan fingerprint density at radius 3 is 1.91 bits per heavy atom. The topological polar surface area (TPSA) is 88.4 Å². The van der Waals surface area contributed by atoms with Crippen molar-refractivity contribution >= 4 is 0 Å². The third-order valence-corrected chi connectivity index (χ3v) is 9.43. The molecule has 7 atom stereocenters. The molecule has 0 amide bonds. The summed E-state index contributed by atoms with van der Waals surface area (Å²) in [6.07, 6.45) is 15.1. The number of rotatable bonds is 8. The Kier molecular flexibility index (Phi) is 9.90. The van der Waals surface area contributed by atoms with Crippen LogP contribution in [-0.2, 0) is 14.5 Å². The van der Waals surface area contributed by atoms with E-state index in [1.807, 2.05) is 0 Å². The van der Waals surface area contributed by atoms with E-state index in [1.54, 1.807) is 7.11 Å². The lowest BCUT2D eigenvalue weighted by molar-refractivity contribution is -0.374. The lowest BCUT2D eigenvalue weighted by Crippen LogP contribution is -2.45. The molecule has 0 aromatic carbocycles. The molecule has 0 heterocycles. The van der Waals surface area contributed by atoms with Gasteiger partial charge in [0.1, 0.15) is 0 Å². The van der Waals surface area contributed by atoms with Gasteiger partial charge in [-0.15, -0.1) is 0 Å². The zero-order chi connectivity index (χ0) is 23.2. The van der Waals surface area contributed by atoms with Gasteiger partial charge < -0.3 is 20.1 Å². The summed E-state index contributed by atoms with van der Waals surface area (Å²) < 4.78 is 5.49. The van der Waals surface area contributed by atoms with E-state index in [0.717, 1.165) is 77.0 Å². The number of hydrogen-bond acceptors (Lipinski definition) is 6. The highest BCUT2D eigenvalue weighted by Gasteiger charge is 2.41. The highest BCUT2D eigenvalue weighted by Crippen LogP contribution is 2.39. The second kappa shape index (κ2) is 12.6. The Balaban J connectivity index is 1.24. The van der Waals surface area contributed by atoms with Gasteiger partial charge in [-0.05, 0) is 76.0 Å². The SMILES string of the molecule is COC1CCC(C(O)C2CCCCC2OOC2CCC(C(O)C3CCCCC3)C(O)C2)CC1. The molecule has 6 heteroatoms. The van der Waals surface area contributed by atoms with E-state index in [9.17, 15) is 15.3 Å². The summed E-state index contributed by atoms with van der Waals surface area (Å²) in [5, 5.41) is 32.8. The summed E-state index contributed by atoms with van der Waals surface area (Å²) in [5.74, 6) is 0.747. The number of ether oxygens (including phenoxy) is 1. The van der Waals surface area contributed by atoms with Crippen LogP contribution in [0.1, 0.15) is 103 Å². The van der Waals surface area contributed by atoms with Crippen LogP contribution in [0.4, 0.5) is 0 Å². The van der Waals surface area contributed by atoms with Crippen LogP contribution in [0, 0.1) is 23.7 Å². The first-order chi connectivity index (χ1) is 16.1. The fraction of sp³-hybridized carbons (Fsp3) is 1.00. The van der Waals surface area contributed by atoms with Gasteiger partial charge >= 0.3 is 0 Å². The van der Waals surface area contributed by atoms with Crippen molar-refractivity contribution < 1.29 is 29.8 Å². The minimum Gasteiger partial charge on any atom is -0.393 e. The fourth-order valence-electron chi connectivity index (χ4n) is 7.24. The van der Waals surface area contributed by atoms with Crippen molar-refractivity contribution in [3.63, 3.8) is 0 Å². The maximum Gasteiger partial charge on any atom is 0.0982 e.